The van der Waals surface area contributed by atoms with Crippen LogP contribution in [0.3, 0.4) is 0 Å². The van der Waals surface area contributed by atoms with E-state index in [-0.39, 0.29) is 19.3 Å². The maximum Gasteiger partial charge on any atom is 0.335 e. The molecule has 0 saturated heterocycles. The number of hydrogen-bond donors (Lipinski definition) is 0. The Kier molecular flexibility index (Phi) is 7.71. The second kappa shape index (κ2) is 8.47. The summed E-state index contributed by atoms with van der Waals surface area (Å²) >= 11 is 0. The van der Waals surface area contributed by atoms with Crippen LogP contribution in [0, 0.1) is 5.92 Å². The van der Waals surface area contributed by atoms with E-state index in [4.69, 9.17) is 14.2 Å². The lowest BCUT2D eigenvalue weighted by molar-refractivity contribution is -0.153. The molecule has 0 saturated carbocycles. The summed E-state index contributed by atoms with van der Waals surface area (Å²) in [5.74, 6) is -0.899. The Labute approximate surface area is 107 Å². The van der Waals surface area contributed by atoms with Gasteiger partial charge in [-0.25, -0.2) is 9.59 Å². The van der Waals surface area contributed by atoms with Gasteiger partial charge in [-0.15, -0.1) is 0 Å². The third-order valence-corrected chi connectivity index (χ3v) is 1.87. The predicted octanol–water partition coefficient (Wildman–Crippen LogP) is 1.84. The first-order chi connectivity index (χ1) is 8.34. The van der Waals surface area contributed by atoms with Gasteiger partial charge < -0.3 is 14.2 Å². The molecule has 0 aromatic rings. The minimum Gasteiger partial charge on any atom is -0.462 e. The van der Waals surface area contributed by atoms with Crippen LogP contribution in [0.2, 0.25) is 0 Å². The fourth-order valence-corrected chi connectivity index (χ4v) is 0.857. The van der Waals surface area contributed by atoms with Crippen molar-refractivity contribution in [1.29, 1.82) is 0 Å². The summed E-state index contributed by atoms with van der Waals surface area (Å²) < 4.78 is 14.8. The molecule has 0 aliphatic carbocycles. The third kappa shape index (κ3) is 7.62. The summed E-state index contributed by atoms with van der Waals surface area (Å²) in [5, 5.41) is 0. The molecule has 5 heteroatoms. The molecule has 1 unspecified atom stereocenters. The van der Waals surface area contributed by atoms with Crippen LogP contribution in [-0.4, -0.2) is 31.9 Å². The van der Waals surface area contributed by atoms with Crippen molar-refractivity contribution in [2.24, 2.45) is 5.92 Å². The Balaban J connectivity index is 3.63. The molecule has 0 aromatic heterocycles. The lowest BCUT2D eigenvalue weighted by Crippen LogP contribution is -2.18. The highest BCUT2D eigenvalue weighted by Gasteiger charge is 2.09. The maximum atomic E-state index is 11.1. The summed E-state index contributed by atoms with van der Waals surface area (Å²) in [7, 11) is 0. The zero-order chi connectivity index (χ0) is 14.1. The predicted molar refractivity (Wildman–Crippen MR) is 66.7 cm³/mol. The summed E-state index contributed by atoms with van der Waals surface area (Å²) in [6, 6.07) is 0. The van der Waals surface area contributed by atoms with Crippen molar-refractivity contribution in [3.8, 4) is 0 Å². The van der Waals surface area contributed by atoms with E-state index in [0.29, 0.717) is 17.8 Å². The highest BCUT2D eigenvalue weighted by Crippen LogP contribution is 2.01. The van der Waals surface area contributed by atoms with Gasteiger partial charge in [-0.3, -0.25) is 0 Å². The number of rotatable bonds is 8. The van der Waals surface area contributed by atoms with E-state index in [0.717, 1.165) is 0 Å². The van der Waals surface area contributed by atoms with Crippen LogP contribution in [0.5, 0.6) is 0 Å². The molecular formula is C13H20O5. The number of carbonyl (C=O) groups excluding carboxylic acids is 2. The molecule has 18 heavy (non-hydrogen) atoms. The fraction of sp³-hybridized carbons (Fsp3) is 0.538. The van der Waals surface area contributed by atoms with E-state index in [1.54, 1.807) is 13.8 Å². The topological polar surface area (TPSA) is 61.8 Å². The molecule has 0 aromatic carbocycles. The normalized spacial score (nSPS) is 11.5. The van der Waals surface area contributed by atoms with Crippen LogP contribution in [0.4, 0.5) is 0 Å². The molecule has 0 bridgehead atoms. The van der Waals surface area contributed by atoms with Crippen LogP contribution in [-0.2, 0) is 23.8 Å². The van der Waals surface area contributed by atoms with Gasteiger partial charge in [0.25, 0.3) is 0 Å². The van der Waals surface area contributed by atoms with Crippen molar-refractivity contribution in [3.63, 3.8) is 0 Å². The summed E-state index contributed by atoms with van der Waals surface area (Å²) in [6.45, 7) is 12.3. The molecule has 0 aliphatic heterocycles. The van der Waals surface area contributed by atoms with E-state index in [1.807, 2.05) is 6.92 Å². The van der Waals surface area contributed by atoms with Gasteiger partial charge in [0, 0.05) is 17.1 Å². The molecule has 0 aliphatic rings. The Morgan fingerprint density at radius 3 is 2.00 bits per heavy atom. The highest BCUT2D eigenvalue weighted by molar-refractivity contribution is 5.87. The lowest BCUT2D eigenvalue weighted by atomic mass is 10.2. The molecule has 0 spiro atoms. The molecule has 0 N–H and O–H groups in total. The second-order valence-electron chi connectivity index (χ2n) is 4.18. The fourth-order valence-electron chi connectivity index (χ4n) is 0.857. The summed E-state index contributed by atoms with van der Waals surface area (Å²) in [6.07, 6.45) is 0. The summed E-state index contributed by atoms with van der Waals surface area (Å²) in [4.78, 5) is 22.1. The number of hydrogen-bond acceptors (Lipinski definition) is 5. The van der Waals surface area contributed by atoms with Crippen molar-refractivity contribution < 1.29 is 23.8 Å². The smallest absolute Gasteiger partial charge is 0.335 e. The summed E-state index contributed by atoms with van der Waals surface area (Å²) in [5.41, 5.74) is 0.681. The van der Waals surface area contributed by atoms with E-state index in [2.05, 4.69) is 13.2 Å². The van der Waals surface area contributed by atoms with Gasteiger partial charge >= 0.3 is 11.9 Å². The average molecular weight is 256 g/mol. The first kappa shape index (κ1) is 16.4. The Bertz CT molecular complexity index is 332. The zero-order valence-corrected chi connectivity index (χ0v) is 11.2. The van der Waals surface area contributed by atoms with Gasteiger partial charge in [0.15, 0.2) is 6.79 Å². The van der Waals surface area contributed by atoms with Crippen LogP contribution < -0.4 is 0 Å². The zero-order valence-electron chi connectivity index (χ0n) is 11.2. The van der Waals surface area contributed by atoms with Crippen molar-refractivity contribution in [1.82, 2.24) is 0 Å². The molecule has 0 fully saturated rings. The van der Waals surface area contributed by atoms with Gasteiger partial charge in [-0.05, 0) is 13.8 Å². The largest absolute Gasteiger partial charge is 0.462 e. The van der Waals surface area contributed by atoms with Crippen molar-refractivity contribution >= 4 is 11.9 Å². The molecule has 1 atom stereocenters. The number of esters is 2. The Hall–Kier alpha value is -1.62. The minimum absolute atomic E-state index is 0.0110. The molecule has 0 heterocycles. The standard InChI is InChI=1S/C13H20O5/c1-9(2)12(14)17-7-11(5)6-16-8-18-13(15)10(3)4/h11H,1,3,6-8H2,2,4-5H3. The average Bonchev–Trinajstić information content (AvgIpc) is 2.30. The number of carbonyl (C=O) groups is 2. The van der Waals surface area contributed by atoms with Gasteiger partial charge in [0.1, 0.15) is 0 Å². The van der Waals surface area contributed by atoms with Crippen molar-refractivity contribution in [2.75, 3.05) is 20.0 Å². The molecule has 0 amide bonds. The number of ether oxygens (including phenoxy) is 3. The first-order valence-corrected chi connectivity index (χ1v) is 5.57. The van der Waals surface area contributed by atoms with Crippen LogP contribution in [0.1, 0.15) is 20.8 Å². The second-order valence-corrected chi connectivity index (χ2v) is 4.18. The molecule has 0 radical (unpaired) electrons. The van der Waals surface area contributed by atoms with Gasteiger partial charge in [-0.1, -0.05) is 20.1 Å². The van der Waals surface area contributed by atoms with E-state index in [1.165, 1.54) is 0 Å². The quantitative estimate of drug-likeness (QED) is 0.287. The van der Waals surface area contributed by atoms with Gasteiger partial charge in [0.2, 0.25) is 0 Å². The Morgan fingerprint density at radius 2 is 1.50 bits per heavy atom. The minimum atomic E-state index is -0.489. The van der Waals surface area contributed by atoms with Crippen LogP contribution in [0.15, 0.2) is 24.3 Å². The first-order valence-electron chi connectivity index (χ1n) is 5.57. The molecule has 5 nitrogen and oxygen atoms in total. The maximum absolute atomic E-state index is 11.1. The monoisotopic (exact) mass is 256 g/mol. The van der Waals surface area contributed by atoms with Gasteiger partial charge in [0.05, 0.1) is 13.2 Å². The van der Waals surface area contributed by atoms with Crippen molar-refractivity contribution in [3.05, 3.63) is 24.3 Å². The molecule has 102 valence electrons. The molecular weight excluding hydrogens is 236 g/mol. The SMILES string of the molecule is C=C(C)C(=O)OCOCC(C)COC(=O)C(=C)C. The highest BCUT2D eigenvalue weighted by atomic mass is 16.7. The van der Waals surface area contributed by atoms with Crippen molar-refractivity contribution in [2.45, 2.75) is 20.8 Å². The van der Waals surface area contributed by atoms with E-state index >= 15 is 0 Å². The van der Waals surface area contributed by atoms with Gasteiger partial charge in [-0.2, -0.15) is 0 Å². The molecule has 0 rings (SSSR count). The van der Waals surface area contributed by atoms with Crippen LogP contribution >= 0.6 is 0 Å². The third-order valence-electron chi connectivity index (χ3n) is 1.87. The Morgan fingerprint density at radius 1 is 1.00 bits per heavy atom. The van der Waals surface area contributed by atoms with E-state index in [9.17, 15) is 9.59 Å². The van der Waals surface area contributed by atoms with Crippen LogP contribution in [0.25, 0.3) is 0 Å². The van der Waals surface area contributed by atoms with E-state index < -0.39 is 11.9 Å². The lowest BCUT2D eigenvalue weighted by Gasteiger charge is -2.12.